The van der Waals surface area contributed by atoms with Crippen LogP contribution in [0.2, 0.25) is 0 Å². The molecule has 0 aromatic heterocycles. The number of likely N-dealkylation sites (tertiary alicyclic amines) is 1. The third-order valence-electron chi connectivity index (χ3n) is 4.21. The number of nitrogens with one attached hydrogen (secondary N) is 1. The van der Waals surface area contributed by atoms with E-state index in [1.54, 1.807) is 7.11 Å². The Morgan fingerprint density at radius 3 is 2.77 bits per heavy atom. The highest BCUT2D eigenvalue weighted by molar-refractivity contribution is 14.0. The first kappa shape index (κ1) is 23.0. The largest absolute Gasteiger partial charge is 0.489 e. The van der Waals surface area contributed by atoms with Crippen LogP contribution in [-0.4, -0.2) is 70.6 Å². The Kier molecular flexibility index (Phi) is 11.6. The molecule has 1 aromatic rings. The molecule has 26 heavy (non-hydrogen) atoms. The molecule has 1 aromatic carbocycles. The first-order valence-corrected chi connectivity index (χ1v) is 8.97. The summed E-state index contributed by atoms with van der Waals surface area (Å²) in [4.78, 5) is 6.70. The van der Waals surface area contributed by atoms with E-state index < -0.39 is 0 Å². The molecule has 1 fully saturated rings. The van der Waals surface area contributed by atoms with Crippen LogP contribution in [0, 0.1) is 5.92 Å². The van der Waals surface area contributed by atoms with E-state index in [0.29, 0.717) is 25.7 Å². The summed E-state index contributed by atoms with van der Waals surface area (Å²) in [7, 11) is 3.52. The van der Waals surface area contributed by atoms with Gasteiger partial charge in [-0.2, -0.15) is 0 Å². The zero-order valence-electron chi connectivity index (χ0n) is 16.0. The van der Waals surface area contributed by atoms with Crippen molar-refractivity contribution < 1.29 is 14.2 Å². The number of ether oxygens (including phenoxy) is 3. The van der Waals surface area contributed by atoms with Crippen LogP contribution in [0.4, 0.5) is 0 Å². The van der Waals surface area contributed by atoms with Gasteiger partial charge in [-0.15, -0.1) is 24.0 Å². The van der Waals surface area contributed by atoms with Gasteiger partial charge in [0, 0.05) is 33.2 Å². The predicted molar refractivity (Wildman–Crippen MR) is 116 cm³/mol. The minimum absolute atomic E-state index is 0. The summed E-state index contributed by atoms with van der Waals surface area (Å²) in [5.74, 6) is 2.37. The molecule has 0 amide bonds. The maximum absolute atomic E-state index is 5.90. The molecule has 0 aliphatic carbocycles. The Bertz CT molecular complexity index is 516. The van der Waals surface area contributed by atoms with Gasteiger partial charge >= 0.3 is 0 Å². The molecule has 0 spiro atoms. The summed E-state index contributed by atoms with van der Waals surface area (Å²) in [6.07, 6.45) is 1.19. The Labute approximate surface area is 174 Å². The molecule has 1 aliphatic heterocycles. The van der Waals surface area contributed by atoms with Crippen molar-refractivity contribution in [2.45, 2.75) is 19.4 Å². The Morgan fingerprint density at radius 1 is 1.31 bits per heavy atom. The van der Waals surface area contributed by atoms with Gasteiger partial charge in [0.15, 0.2) is 5.96 Å². The first-order chi connectivity index (χ1) is 12.2. The highest BCUT2D eigenvalue weighted by Crippen LogP contribution is 2.16. The number of hydrogen-bond donors (Lipinski definition) is 1. The van der Waals surface area contributed by atoms with Gasteiger partial charge in [0.2, 0.25) is 0 Å². The van der Waals surface area contributed by atoms with Crippen LogP contribution in [0.5, 0.6) is 5.75 Å². The number of para-hydroxylation sites is 1. The fraction of sp³-hybridized carbons (Fsp3) is 0.632. The van der Waals surface area contributed by atoms with Crippen molar-refractivity contribution in [3.63, 3.8) is 0 Å². The van der Waals surface area contributed by atoms with Crippen molar-refractivity contribution in [3.05, 3.63) is 30.3 Å². The molecule has 0 bridgehead atoms. The van der Waals surface area contributed by atoms with E-state index in [0.717, 1.165) is 37.8 Å². The summed E-state index contributed by atoms with van der Waals surface area (Å²) in [6.45, 7) is 6.85. The lowest BCUT2D eigenvalue weighted by molar-refractivity contribution is 0.0536. The fourth-order valence-electron chi connectivity index (χ4n) is 2.89. The first-order valence-electron chi connectivity index (χ1n) is 8.97. The number of hydrogen-bond acceptors (Lipinski definition) is 4. The molecule has 0 saturated carbocycles. The zero-order chi connectivity index (χ0) is 17.9. The van der Waals surface area contributed by atoms with E-state index in [2.05, 4.69) is 22.1 Å². The van der Waals surface area contributed by atoms with E-state index in [9.17, 15) is 0 Å². The minimum Gasteiger partial charge on any atom is -0.489 e. The topological polar surface area (TPSA) is 55.3 Å². The number of halogens is 1. The molecule has 148 valence electrons. The summed E-state index contributed by atoms with van der Waals surface area (Å²) in [5.41, 5.74) is 0. The van der Waals surface area contributed by atoms with Crippen molar-refractivity contribution in [2.24, 2.45) is 10.9 Å². The highest BCUT2D eigenvalue weighted by Gasteiger charge is 2.25. The van der Waals surface area contributed by atoms with Crippen LogP contribution >= 0.6 is 24.0 Å². The van der Waals surface area contributed by atoms with E-state index >= 15 is 0 Å². The molecule has 1 saturated heterocycles. The van der Waals surface area contributed by atoms with Gasteiger partial charge in [0.05, 0.1) is 26.4 Å². The molecule has 2 rings (SSSR count). The third-order valence-corrected chi connectivity index (χ3v) is 4.21. The number of guanidine groups is 1. The molecule has 0 radical (unpaired) electrons. The normalized spacial score (nSPS) is 18.3. The summed E-state index contributed by atoms with van der Waals surface area (Å²) in [5, 5.41) is 3.42. The van der Waals surface area contributed by atoms with Gasteiger partial charge in [-0.05, 0) is 25.5 Å². The van der Waals surface area contributed by atoms with E-state index in [-0.39, 0.29) is 30.1 Å². The second-order valence-corrected chi connectivity index (χ2v) is 6.34. The second-order valence-electron chi connectivity index (χ2n) is 6.34. The number of rotatable bonds is 9. The summed E-state index contributed by atoms with van der Waals surface area (Å²) in [6, 6.07) is 9.89. The molecule has 6 nitrogen and oxygen atoms in total. The molecule has 1 heterocycles. The molecular weight excluding hydrogens is 445 g/mol. The Hall–Kier alpha value is -1.06. The molecule has 1 N–H and O–H groups in total. The number of aliphatic imine (C=N–C) groups is 1. The Morgan fingerprint density at radius 2 is 2.08 bits per heavy atom. The minimum atomic E-state index is 0. The predicted octanol–water partition coefficient (Wildman–Crippen LogP) is 2.63. The quantitative estimate of drug-likeness (QED) is 0.257. The molecule has 2 unspecified atom stereocenters. The van der Waals surface area contributed by atoms with Crippen molar-refractivity contribution >= 4 is 29.9 Å². The lowest BCUT2D eigenvalue weighted by Gasteiger charge is -2.23. The summed E-state index contributed by atoms with van der Waals surface area (Å²) >= 11 is 0. The third kappa shape index (κ3) is 8.09. The van der Waals surface area contributed by atoms with E-state index in [1.165, 1.54) is 0 Å². The zero-order valence-corrected chi connectivity index (χ0v) is 18.3. The number of benzene rings is 1. The standard InChI is InChI=1S/C19H31N3O3.HI/c1-16(25-18-7-5-4-6-8-18)13-21-19(20-2)22-10-9-17(14-22)15-24-12-11-23-3;/h4-8,16-17H,9-15H2,1-3H3,(H,20,21);1H. The summed E-state index contributed by atoms with van der Waals surface area (Å²) < 4.78 is 16.6. The van der Waals surface area contributed by atoms with Gasteiger partial charge in [0.1, 0.15) is 11.9 Å². The van der Waals surface area contributed by atoms with Gasteiger partial charge in [-0.25, -0.2) is 0 Å². The average molecular weight is 477 g/mol. The van der Waals surface area contributed by atoms with Gasteiger partial charge in [0.25, 0.3) is 0 Å². The SMILES string of the molecule is CN=C(NCC(C)Oc1ccccc1)N1CCC(COCCOC)C1.I. The van der Waals surface area contributed by atoms with Crippen LogP contribution in [0.15, 0.2) is 35.3 Å². The smallest absolute Gasteiger partial charge is 0.193 e. The number of nitrogens with zero attached hydrogens (tertiary/aromatic N) is 2. The monoisotopic (exact) mass is 477 g/mol. The van der Waals surface area contributed by atoms with Crippen LogP contribution in [-0.2, 0) is 9.47 Å². The highest BCUT2D eigenvalue weighted by atomic mass is 127. The van der Waals surface area contributed by atoms with Gasteiger partial charge in [-0.3, -0.25) is 4.99 Å². The fourth-order valence-corrected chi connectivity index (χ4v) is 2.89. The van der Waals surface area contributed by atoms with Crippen molar-refractivity contribution in [2.75, 3.05) is 53.6 Å². The van der Waals surface area contributed by atoms with E-state index in [1.807, 2.05) is 37.4 Å². The van der Waals surface area contributed by atoms with Crippen LogP contribution < -0.4 is 10.1 Å². The van der Waals surface area contributed by atoms with Crippen molar-refractivity contribution in [1.82, 2.24) is 10.2 Å². The van der Waals surface area contributed by atoms with Gasteiger partial charge < -0.3 is 24.4 Å². The maximum Gasteiger partial charge on any atom is 0.193 e. The lowest BCUT2D eigenvalue weighted by Crippen LogP contribution is -2.43. The van der Waals surface area contributed by atoms with Crippen LogP contribution in [0.25, 0.3) is 0 Å². The van der Waals surface area contributed by atoms with E-state index in [4.69, 9.17) is 14.2 Å². The molecule has 7 heteroatoms. The lowest BCUT2D eigenvalue weighted by atomic mass is 10.1. The van der Waals surface area contributed by atoms with Gasteiger partial charge in [-0.1, -0.05) is 18.2 Å². The van der Waals surface area contributed by atoms with Crippen LogP contribution in [0.3, 0.4) is 0 Å². The molecule has 1 aliphatic rings. The van der Waals surface area contributed by atoms with Crippen LogP contribution in [0.1, 0.15) is 13.3 Å². The maximum atomic E-state index is 5.90. The number of methoxy groups -OCH3 is 1. The van der Waals surface area contributed by atoms with Crippen molar-refractivity contribution in [1.29, 1.82) is 0 Å². The second kappa shape index (κ2) is 13.2. The van der Waals surface area contributed by atoms with Crippen molar-refractivity contribution in [3.8, 4) is 5.75 Å². The average Bonchev–Trinajstić information content (AvgIpc) is 3.09. The Balaban J connectivity index is 0.00000338. The molecule has 2 atom stereocenters. The molecular formula is C19H32IN3O3.